The minimum Gasteiger partial charge on any atom is -0.391 e. The fraction of sp³-hybridized carbons (Fsp3) is 1.00. The molecule has 0 spiro atoms. The summed E-state index contributed by atoms with van der Waals surface area (Å²) in [5.41, 5.74) is 0. The van der Waals surface area contributed by atoms with E-state index in [0.29, 0.717) is 0 Å². The minimum absolute atomic E-state index is 0.0231. The van der Waals surface area contributed by atoms with Gasteiger partial charge in [-0.1, -0.05) is 13.3 Å². The second-order valence-corrected chi connectivity index (χ2v) is 2.30. The second-order valence-electron chi connectivity index (χ2n) is 2.30. The van der Waals surface area contributed by atoms with Crippen LogP contribution in [0.1, 0.15) is 26.7 Å². The number of aliphatic hydroxyl groups excluding tert-OH is 1. The molecule has 0 aliphatic heterocycles. The molecule has 2 atom stereocenters. The Bertz CT molecular complexity index is 61.9. The Morgan fingerprint density at radius 2 is 2.11 bits per heavy atom. The van der Waals surface area contributed by atoms with Crippen molar-refractivity contribution in [3.05, 3.63) is 0 Å². The maximum atomic E-state index is 9.02. The largest absolute Gasteiger partial charge is 0.391 e. The molecule has 0 radical (unpaired) electrons. The summed E-state index contributed by atoms with van der Waals surface area (Å²) in [6, 6.07) is 0. The number of ether oxygens (including phenoxy) is 1. The van der Waals surface area contributed by atoms with E-state index in [9.17, 15) is 0 Å². The van der Waals surface area contributed by atoms with Gasteiger partial charge in [0.1, 0.15) is 0 Å². The summed E-state index contributed by atoms with van der Waals surface area (Å²) in [7, 11) is 1.63. The Kier molecular flexibility index (Phi) is 4.72. The Hall–Kier alpha value is -0.0800. The monoisotopic (exact) mass is 132 g/mol. The molecule has 2 heteroatoms. The summed E-state index contributed by atoms with van der Waals surface area (Å²) >= 11 is 0. The lowest BCUT2D eigenvalue weighted by molar-refractivity contribution is -0.00693. The van der Waals surface area contributed by atoms with E-state index in [4.69, 9.17) is 9.84 Å². The van der Waals surface area contributed by atoms with E-state index in [1.807, 2.05) is 0 Å². The lowest BCUT2D eigenvalue weighted by Gasteiger charge is -2.16. The van der Waals surface area contributed by atoms with Crippen LogP contribution in [0.5, 0.6) is 0 Å². The quantitative estimate of drug-likeness (QED) is 0.622. The van der Waals surface area contributed by atoms with E-state index < -0.39 is 0 Å². The van der Waals surface area contributed by atoms with Crippen LogP contribution in [-0.4, -0.2) is 24.4 Å². The zero-order chi connectivity index (χ0) is 7.28. The smallest absolute Gasteiger partial charge is 0.0827 e. The molecule has 2 unspecified atom stereocenters. The SMILES string of the molecule is CCCC(OC)C(C)O. The molecule has 0 amide bonds. The molecular weight excluding hydrogens is 116 g/mol. The van der Waals surface area contributed by atoms with E-state index >= 15 is 0 Å². The molecule has 0 aromatic heterocycles. The third-order valence-electron chi connectivity index (χ3n) is 1.41. The molecule has 0 aromatic carbocycles. The highest BCUT2D eigenvalue weighted by molar-refractivity contribution is 4.61. The van der Waals surface area contributed by atoms with Gasteiger partial charge in [0.25, 0.3) is 0 Å². The third kappa shape index (κ3) is 3.49. The summed E-state index contributed by atoms with van der Waals surface area (Å²) in [6.45, 7) is 3.83. The molecule has 1 N–H and O–H groups in total. The van der Waals surface area contributed by atoms with Crippen LogP contribution in [0.25, 0.3) is 0 Å². The van der Waals surface area contributed by atoms with Gasteiger partial charge in [0.05, 0.1) is 12.2 Å². The number of methoxy groups -OCH3 is 1. The summed E-state index contributed by atoms with van der Waals surface area (Å²) in [6.07, 6.45) is 1.68. The fourth-order valence-electron chi connectivity index (χ4n) is 0.841. The molecule has 0 fully saturated rings. The van der Waals surface area contributed by atoms with Crippen molar-refractivity contribution in [2.75, 3.05) is 7.11 Å². The van der Waals surface area contributed by atoms with E-state index in [-0.39, 0.29) is 12.2 Å². The summed E-state index contributed by atoms with van der Waals surface area (Å²) in [4.78, 5) is 0. The zero-order valence-electron chi connectivity index (χ0n) is 6.42. The molecule has 0 aromatic rings. The molecule has 0 rings (SSSR count). The predicted octanol–water partition coefficient (Wildman–Crippen LogP) is 1.18. The lowest BCUT2D eigenvalue weighted by atomic mass is 10.1. The van der Waals surface area contributed by atoms with Crippen molar-refractivity contribution in [3.63, 3.8) is 0 Å². The summed E-state index contributed by atoms with van der Waals surface area (Å²) < 4.78 is 5.00. The maximum absolute atomic E-state index is 9.02. The van der Waals surface area contributed by atoms with Gasteiger partial charge in [-0.2, -0.15) is 0 Å². The highest BCUT2D eigenvalue weighted by Gasteiger charge is 2.11. The van der Waals surface area contributed by atoms with Gasteiger partial charge >= 0.3 is 0 Å². The van der Waals surface area contributed by atoms with Crippen molar-refractivity contribution >= 4 is 0 Å². The third-order valence-corrected chi connectivity index (χ3v) is 1.41. The predicted molar refractivity (Wildman–Crippen MR) is 37.4 cm³/mol. The highest BCUT2D eigenvalue weighted by Crippen LogP contribution is 2.04. The fourth-order valence-corrected chi connectivity index (χ4v) is 0.841. The van der Waals surface area contributed by atoms with Crippen LogP contribution in [0.2, 0.25) is 0 Å². The summed E-state index contributed by atoms with van der Waals surface area (Å²) in [5.74, 6) is 0. The van der Waals surface area contributed by atoms with Crippen LogP contribution >= 0.6 is 0 Å². The molecule has 0 bridgehead atoms. The van der Waals surface area contributed by atoms with Gasteiger partial charge in [-0.25, -0.2) is 0 Å². The maximum Gasteiger partial charge on any atom is 0.0827 e. The first-order valence-electron chi connectivity index (χ1n) is 3.43. The Morgan fingerprint density at radius 3 is 2.22 bits per heavy atom. The van der Waals surface area contributed by atoms with E-state index in [1.165, 1.54) is 0 Å². The van der Waals surface area contributed by atoms with E-state index in [1.54, 1.807) is 14.0 Å². The van der Waals surface area contributed by atoms with Gasteiger partial charge in [-0.3, -0.25) is 0 Å². The normalized spacial score (nSPS) is 17.3. The number of rotatable bonds is 4. The van der Waals surface area contributed by atoms with Gasteiger partial charge in [0, 0.05) is 7.11 Å². The van der Waals surface area contributed by atoms with E-state index in [0.717, 1.165) is 12.8 Å². The van der Waals surface area contributed by atoms with Crippen molar-refractivity contribution in [2.24, 2.45) is 0 Å². The first-order valence-corrected chi connectivity index (χ1v) is 3.43. The Balaban J connectivity index is 3.41. The molecular formula is C7H16O2. The average Bonchev–Trinajstić information content (AvgIpc) is 1.82. The Morgan fingerprint density at radius 1 is 1.56 bits per heavy atom. The van der Waals surface area contributed by atoms with Crippen LogP contribution in [0, 0.1) is 0 Å². The van der Waals surface area contributed by atoms with Crippen LogP contribution in [0.4, 0.5) is 0 Å². The number of aliphatic hydroxyl groups is 1. The van der Waals surface area contributed by atoms with Gasteiger partial charge in [0.15, 0.2) is 0 Å². The highest BCUT2D eigenvalue weighted by atomic mass is 16.5. The molecule has 0 saturated heterocycles. The number of hydrogen-bond acceptors (Lipinski definition) is 2. The summed E-state index contributed by atoms with van der Waals surface area (Å²) in [5, 5.41) is 9.02. The van der Waals surface area contributed by atoms with Crippen LogP contribution in [-0.2, 0) is 4.74 Å². The Labute approximate surface area is 56.8 Å². The molecule has 0 aliphatic rings. The van der Waals surface area contributed by atoms with Gasteiger partial charge in [-0.05, 0) is 13.3 Å². The van der Waals surface area contributed by atoms with Gasteiger partial charge < -0.3 is 9.84 Å². The van der Waals surface area contributed by atoms with Crippen LogP contribution in [0.15, 0.2) is 0 Å². The van der Waals surface area contributed by atoms with Crippen LogP contribution in [0.3, 0.4) is 0 Å². The minimum atomic E-state index is -0.338. The van der Waals surface area contributed by atoms with E-state index in [2.05, 4.69) is 6.92 Å². The average molecular weight is 132 g/mol. The lowest BCUT2D eigenvalue weighted by Crippen LogP contribution is -2.24. The molecule has 9 heavy (non-hydrogen) atoms. The van der Waals surface area contributed by atoms with Crippen molar-refractivity contribution in [1.29, 1.82) is 0 Å². The second kappa shape index (κ2) is 4.77. The van der Waals surface area contributed by atoms with Gasteiger partial charge in [-0.15, -0.1) is 0 Å². The molecule has 2 nitrogen and oxygen atoms in total. The van der Waals surface area contributed by atoms with Crippen molar-refractivity contribution < 1.29 is 9.84 Å². The molecule has 56 valence electrons. The first-order chi connectivity index (χ1) is 4.22. The van der Waals surface area contributed by atoms with Crippen molar-refractivity contribution in [2.45, 2.75) is 38.9 Å². The molecule has 0 aliphatic carbocycles. The molecule has 0 heterocycles. The van der Waals surface area contributed by atoms with Gasteiger partial charge in [0.2, 0.25) is 0 Å². The van der Waals surface area contributed by atoms with Crippen LogP contribution < -0.4 is 0 Å². The van der Waals surface area contributed by atoms with Crippen molar-refractivity contribution in [1.82, 2.24) is 0 Å². The topological polar surface area (TPSA) is 29.5 Å². The van der Waals surface area contributed by atoms with Crippen molar-refractivity contribution in [3.8, 4) is 0 Å². The number of hydrogen-bond donors (Lipinski definition) is 1. The zero-order valence-corrected chi connectivity index (χ0v) is 6.42. The first kappa shape index (κ1) is 8.92. The standard InChI is InChI=1S/C7H16O2/c1-4-5-7(9-3)6(2)8/h6-8H,4-5H2,1-3H3. The molecule has 0 saturated carbocycles.